The minimum absolute atomic E-state index is 0.191. The van der Waals surface area contributed by atoms with E-state index in [1.807, 2.05) is 18.2 Å². The Morgan fingerprint density at radius 3 is 2.95 bits per heavy atom. The highest BCUT2D eigenvalue weighted by atomic mass is 32.1. The van der Waals surface area contributed by atoms with E-state index in [0.717, 1.165) is 32.1 Å². The molecule has 0 amide bonds. The summed E-state index contributed by atoms with van der Waals surface area (Å²) in [6.07, 6.45) is 8.71. The number of methoxy groups -OCH3 is 1. The first-order valence-corrected chi connectivity index (χ1v) is 7.53. The van der Waals surface area contributed by atoms with E-state index in [4.69, 9.17) is 9.47 Å². The van der Waals surface area contributed by atoms with Gasteiger partial charge in [0.05, 0.1) is 20.0 Å². The second-order valence-corrected chi connectivity index (χ2v) is 5.42. The first-order valence-electron chi connectivity index (χ1n) is 6.71. The number of aryl methyl sites for hydroxylation is 1. The van der Waals surface area contributed by atoms with Crippen LogP contribution in [0.4, 0.5) is 0 Å². The van der Waals surface area contributed by atoms with E-state index in [2.05, 4.69) is 6.92 Å². The van der Waals surface area contributed by atoms with Crippen molar-refractivity contribution in [2.45, 2.75) is 39.0 Å². The topological polar surface area (TPSA) is 35.5 Å². The fourth-order valence-electron chi connectivity index (χ4n) is 1.56. The van der Waals surface area contributed by atoms with Crippen LogP contribution in [0.25, 0.3) is 0 Å². The van der Waals surface area contributed by atoms with E-state index < -0.39 is 0 Å². The molecule has 0 aliphatic rings. The SMILES string of the molecule is CCCCOC(=O)c1ccc(CCC/C=C/OC)s1. The van der Waals surface area contributed by atoms with Crippen LogP contribution in [0, 0.1) is 0 Å². The molecule has 1 rings (SSSR count). The quantitative estimate of drug-likeness (QED) is 0.387. The molecule has 0 unspecified atom stereocenters. The first-order chi connectivity index (χ1) is 9.27. The van der Waals surface area contributed by atoms with Gasteiger partial charge < -0.3 is 9.47 Å². The van der Waals surface area contributed by atoms with Gasteiger partial charge in [0.1, 0.15) is 4.88 Å². The van der Waals surface area contributed by atoms with Crippen molar-refractivity contribution >= 4 is 17.3 Å². The summed E-state index contributed by atoms with van der Waals surface area (Å²) in [6, 6.07) is 3.88. The van der Waals surface area contributed by atoms with Crippen LogP contribution in [0.3, 0.4) is 0 Å². The van der Waals surface area contributed by atoms with Crippen LogP contribution < -0.4 is 0 Å². The van der Waals surface area contributed by atoms with Gasteiger partial charge in [-0.1, -0.05) is 13.3 Å². The third kappa shape index (κ3) is 6.43. The number of allylic oxidation sites excluding steroid dienone is 1. The molecule has 0 saturated carbocycles. The minimum Gasteiger partial charge on any atom is -0.505 e. The number of hydrogen-bond donors (Lipinski definition) is 0. The number of carbonyl (C=O) groups excluding carboxylic acids is 1. The van der Waals surface area contributed by atoms with Gasteiger partial charge in [-0.15, -0.1) is 11.3 Å². The lowest BCUT2D eigenvalue weighted by atomic mass is 10.2. The number of thiophene rings is 1. The van der Waals surface area contributed by atoms with Crippen LogP contribution in [-0.4, -0.2) is 19.7 Å². The summed E-state index contributed by atoms with van der Waals surface area (Å²) >= 11 is 1.53. The Morgan fingerprint density at radius 1 is 1.37 bits per heavy atom. The first kappa shape index (κ1) is 15.8. The molecular formula is C15H22O3S. The van der Waals surface area contributed by atoms with Gasteiger partial charge in [0.2, 0.25) is 0 Å². The van der Waals surface area contributed by atoms with Gasteiger partial charge in [0, 0.05) is 4.88 Å². The highest BCUT2D eigenvalue weighted by Gasteiger charge is 2.10. The molecule has 1 heterocycles. The van der Waals surface area contributed by atoms with Gasteiger partial charge in [-0.3, -0.25) is 0 Å². The van der Waals surface area contributed by atoms with Crippen molar-refractivity contribution in [3.05, 3.63) is 34.2 Å². The molecule has 0 atom stereocenters. The van der Waals surface area contributed by atoms with Gasteiger partial charge in [-0.25, -0.2) is 4.79 Å². The highest BCUT2D eigenvalue weighted by Crippen LogP contribution is 2.19. The van der Waals surface area contributed by atoms with Crippen molar-refractivity contribution in [3.63, 3.8) is 0 Å². The van der Waals surface area contributed by atoms with Crippen molar-refractivity contribution in [2.24, 2.45) is 0 Å². The Balaban J connectivity index is 2.31. The third-order valence-electron chi connectivity index (χ3n) is 2.62. The molecule has 0 bridgehead atoms. The Hall–Kier alpha value is -1.29. The van der Waals surface area contributed by atoms with Gasteiger partial charge in [0.25, 0.3) is 0 Å². The largest absolute Gasteiger partial charge is 0.505 e. The number of hydrogen-bond acceptors (Lipinski definition) is 4. The maximum Gasteiger partial charge on any atom is 0.348 e. The zero-order chi connectivity index (χ0) is 13.9. The normalized spacial score (nSPS) is 10.8. The lowest BCUT2D eigenvalue weighted by Gasteiger charge is -2.00. The molecule has 1 aromatic rings. The summed E-state index contributed by atoms with van der Waals surface area (Å²) in [5.74, 6) is -0.191. The number of rotatable bonds is 9. The fourth-order valence-corrected chi connectivity index (χ4v) is 2.50. The highest BCUT2D eigenvalue weighted by molar-refractivity contribution is 7.13. The summed E-state index contributed by atoms with van der Waals surface area (Å²) in [5, 5.41) is 0. The molecule has 0 fully saturated rings. The second kappa shape index (κ2) is 9.62. The van der Waals surface area contributed by atoms with Crippen LogP contribution in [0.5, 0.6) is 0 Å². The van der Waals surface area contributed by atoms with E-state index in [1.54, 1.807) is 13.4 Å². The lowest BCUT2D eigenvalue weighted by Crippen LogP contribution is -2.03. The summed E-state index contributed by atoms with van der Waals surface area (Å²) < 4.78 is 10.0. The molecule has 0 aromatic carbocycles. The van der Waals surface area contributed by atoms with Gasteiger partial charge in [0.15, 0.2) is 0 Å². The molecular weight excluding hydrogens is 260 g/mol. The molecule has 0 aliphatic carbocycles. The smallest absolute Gasteiger partial charge is 0.348 e. The van der Waals surface area contributed by atoms with Crippen molar-refractivity contribution in [1.29, 1.82) is 0 Å². The van der Waals surface area contributed by atoms with Crippen molar-refractivity contribution in [2.75, 3.05) is 13.7 Å². The summed E-state index contributed by atoms with van der Waals surface area (Å²) in [5.41, 5.74) is 0. The second-order valence-electron chi connectivity index (χ2n) is 4.26. The molecule has 19 heavy (non-hydrogen) atoms. The molecule has 0 radical (unpaired) electrons. The zero-order valence-corrected chi connectivity index (χ0v) is 12.5. The molecule has 3 nitrogen and oxygen atoms in total. The number of esters is 1. The molecule has 106 valence electrons. The number of ether oxygens (including phenoxy) is 2. The lowest BCUT2D eigenvalue weighted by molar-refractivity contribution is 0.0505. The summed E-state index contributed by atoms with van der Waals surface area (Å²) in [6.45, 7) is 2.60. The molecule has 0 aliphatic heterocycles. The van der Waals surface area contributed by atoms with E-state index >= 15 is 0 Å². The van der Waals surface area contributed by atoms with Crippen LogP contribution in [-0.2, 0) is 15.9 Å². The Morgan fingerprint density at radius 2 is 2.21 bits per heavy atom. The number of unbranched alkanes of at least 4 members (excludes halogenated alkanes) is 2. The molecule has 0 spiro atoms. The number of carbonyl (C=O) groups is 1. The van der Waals surface area contributed by atoms with Crippen LogP contribution in [0.15, 0.2) is 24.5 Å². The molecule has 0 saturated heterocycles. The molecule has 0 N–H and O–H groups in total. The van der Waals surface area contributed by atoms with E-state index in [9.17, 15) is 4.79 Å². The van der Waals surface area contributed by atoms with Crippen LogP contribution >= 0.6 is 11.3 Å². The van der Waals surface area contributed by atoms with Gasteiger partial charge in [-0.05, 0) is 43.9 Å². The van der Waals surface area contributed by atoms with E-state index in [0.29, 0.717) is 11.5 Å². The standard InChI is InChI=1S/C15H22O3S/c1-3-4-12-18-15(16)14-10-9-13(19-14)8-6-5-7-11-17-2/h7,9-11H,3-6,8,12H2,1-2H3/b11-7+. The fraction of sp³-hybridized carbons (Fsp3) is 0.533. The van der Waals surface area contributed by atoms with E-state index in [1.165, 1.54) is 16.2 Å². The Bertz CT molecular complexity index is 396. The van der Waals surface area contributed by atoms with Crippen LogP contribution in [0.2, 0.25) is 0 Å². The minimum atomic E-state index is -0.191. The van der Waals surface area contributed by atoms with Crippen LogP contribution in [0.1, 0.15) is 47.2 Å². The van der Waals surface area contributed by atoms with Crippen molar-refractivity contribution in [3.8, 4) is 0 Å². The van der Waals surface area contributed by atoms with Crippen molar-refractivity contribution in [1.82, 2.24) is 0 Å². The predicted molar refractivity (Wildman–Crippen MR) is 78.6 cm³/mol. The predicted octanol–water partition coefficient (Wildman–Crippen LogP) is 4.19. The van der Waals surface area contributed by atoms with Crippen molar-refractivity contribution < 1.29 is 14.3 Å². The average Bonchev–Trinajstić information content (AvgIpc) is 2.87. The average molecular weight is 282 g/mol. The van der Waals surface area contributed by atoms with Gasteiger partial charge in [-0.2, -0.15) is 0 Å². The Labute approximate surface area is 119 Å². The zero-order valence-electron chi connectivity index (χ0n) is 11.7. The molecule has 4 heteroatoms. The maximum atomic E-state index is 11.7. The summed E-state index contributed by atoms with van der Waals surface area (Å²) in [4.78, 5) is 13.6. The Kier molecular flexibility index (Phi) is 7.98. The van der Waals surface area contributed by atoms with Gasteiger partial charge >= 0.3 is 5.97 Å². The monoisotopic (exact) mass is 282 g/mol. The third-order valence-corrected chi connectivity index (χ3v) is 3.75. The van der Waals surface area contributed by atoms with E-state index in [-0.39, 0.29) is 5.97 Å². The summed E-state index contributed by atoms with van der Waals surface area (Å²) in [7, 11) is 1.65. The molecule has 1 aromatic heterocycles. The maximum absolute atomic E-state index is 11.7.